The Bertz CT molecular complexity index is 434. The van der Waals surface area contributed by atoms with E-state index in [4.69, 9.17) is 4.74 Å². The molecule has 3 heterocycles. The summed E-state index contributed by atoms with van der Waals surface area (Å²) in [5.41, 5.74) is 1.40. The van der Waals surface area contributed by atoms with E-state index in [1.54, 1.807) is 0 Å². The van der Waals surface area contributed by atoms with Crippen molar-refractivity contribution in [1.82, 2.24) is 10.2 Å². The van der Waals surface area contributed by atoms with Crippen molar-refractivity contribution in [3.05, 3.63) is 21.9 Å². The molecule has 4 heteroatoms. The van der Waals surface area contributed by atoms with Gasteiger partial charge in [0, 0.05) is 17.5 Å². The molecule has 2 aliphatic heterocycles. The van der Waals surface area contributed by atoms with Crippen LogP contribution < -0.4 is 5.32 Å². The van der Waals surface area contributed by atoms with E-state index in [9.17, 15) is 0 Å². The lowest BCUT2D eigenvalue weighted by Crippen LogP contribution is -2.50. The van der Waals surface area contributed by atoms with Crippen molar-refractivity contribution in [2.45, 2.75) is 51.3 Å². The normalized spacial score (nSPS) is 28.5. The molecule has 3 unspecified atom stereocenters. The minimum absolute atomic E-state index is 0.299. The first-order valence-electron chi connectivity index (χ1n) is 7.92. The van der Waals surface area contributed by atoms with Crippen molar-refractivity contribution < 1.29 is 4.74 Å². The van der Waals surface area contributed by atoms with Gasteiger partial charge in [0.1, 0.15) is 0 Å². The predicted octanol–water partition coefficient (Wildman–Crippen LogP) is 2.96. The molecule has 112 valence electrons. The van der Waals surface area contributed by atoms with Gasteiger partial charge in [0.25, 0.3) is 0 Å². The molecule has 0 amide bonds. The van der Waals surface area contributed by atoms with E-state index in [0.29, 0.717) is 18.2 Å². The van der Waals surface area contributed by atoms with Crippen molar-refractivity contribution in [1.29, 1.82) is 0 Å². The second kappa shape index (κ2) is 6.56. The van der Waals surface area contributed by atoms with E-state index in [0.717, 1.165) is 19.7 Å². The van der Waals surface area contributed by atoms with Gasteiger partial charge >= 0.3 is 0 Å². The Kier molecular flexibility index (Phi) is 4.76. The van der Waals surface area contributed by atoms with Gasteiger partial charge in [-0.1, -0.05) is 6.92 Å². The van der Waals surface area contributed by atoms with Crippen LogP contribution in [0.3, 0.4) is 0 Å². The third-order valence-electron chi connectivity index (χ3n) is 4.59. The number of morpholine rings is 1. The summed E-state index contributed by atoms with van der Waals surface area (Å²) in [7, 11) is 0. The van der Waals surface area contributed by atoms with Gasteiger partial charge in [-0.05, 0) is 56.3 Å². The molecule has 2 fully saturated rings. The maximum absolute atomic E-state index is 6.23. The van der Waals surface area contributed by atoms with Crippen LogP contribution in [0.4, 0.5) is 0 Å². The van der Waals surface area contributed by atoms with Gasteiger partial charge in [0.15, 0.2) is 0 Å². The molecule has 20 heavy (non-hydrogen) atoms. The Morgan fingerprint density at radius 2 is 2.45 bits per heavy atom. The first-order chi connectivity index (χ1) is 9.79. The summed E-state index contributed by atoms with van der Waals surface area (Å²) in [4.78, 5) is 4.10. The number of ether oxygens (including phenoxy) is 1. The lowest BCUT2D eigenvalue weighted by atomic mass is 10.0. The van der Waals surface area contributed by atoms with Crippen LogP contribution in [0.2, 0.25) is 0 Å². The average molecular weight is 294 g/mol. The first kappa shape index (κ1) is 14.5. The largest absolute Gasteiger partial charge is 0.373 e. The fraction of sp³-hybridized carbons (Fsp3) is 0.750. The minimum Gasteiger partial charge on any atom is -0.373 e. The van der Waals surface area contributed by atoms with E-state index in [1.165, 1.54) is 36.2 Å². The molecule has 3 nitrogen and oxygen atoms in total. The fourth-order valence-electron chi connectivity index (χ4n) is 3.44. The first-order valence-corrected chi connectivity index (χ1v) is 8.80. The van der Waals surface area contributed by atoms with Crippen molar-refractivity contribution in [3.8, 4) is 0 Å². The van der Waals surface area contributed by atoms with Crippen molar-refractivity contribution in [2.24, 2.45) is 0 Å². The van der Waals surface area contributed by atoms with Gasteiger partial charge in [0.2, 0.25) is 0 Å². The molecule has 0 aliphatic carbocycles. The number of aryl methyl sites for hydroxylation is 1. The molecule has 0 aromatic carbocycles. The lowest BCUT2D eigenvalue weighted by Gasteiger charge is -2.39. The van der Waals surface area contributed by atoms with Crippen LogP contribution in [0.25, 0.3) is 0 Å². The summed E-state index contributed by atoms with van der Waals surface area (Å²) in [5, 5.41) is 5.92. The Morgan fingerprint density at radius 3 is 3.20 bits per heavy atom. The highest BCUT2D eigenvalue weighted by Crippen LogP contribution is 2.32. The highest BCUT2D eigenvalue weighted by molar-refractivity contribution is 7.10. The van der Waals surface area contributed by atoms with Crippen LogP contribution >= 0.6 is 11.3 Å². The molecule has 2 aliphatic rings. The molecule has 0 saturated carbocycles. The summed E-state index contributed by atoms with van der Waals surface area (Å²) in [6.45, 7) is 8.76. The highest BCUT2D eigenvalue weighted by Gasteiger charge is 2.36. The molecule has 1 N–H and O–H groups in total. The number of fused-ring (bicyclic) bond motifs is 1. The van der Waals surface area contributed by atoms with Gasteiger partial charge in [-0.3, -0.25) is 4.90 Å². The molecule has 3 atom stereocenters. The third-order valence-corrected chi connectivity index (χ3v) is 5.69. The number of rotatable bonds is 5. The van der Waals surface area contributed by atoms with Gasteiger partial charge in [0.05, 0.1) is 18.8 Å². The smallest absolute Gasteiger partial charge is 0.0905 e. The summed E-state index contributed by atoms with van der Waals surface area (Å²) >= 11 is 1.87. The van der Waals surface area contributed by atoms with Crippen LogP contribution in [-0.4, -0.2) is 43.3 Å². The highest BCUT2D eigenvalue weighted by atomic mass is 32.1. The number of thiophene rings is 1. The van der Waals surface area contributed by atoms with Crippen LogP contribution in [0, 0.1) is 6.92 Å². The zero-order valence-electron chi connectivity index (χ0n) is 12.6. The summed E-state index contributed by atoms with van der Waals surface area (Å²) in [6, 6.07) is 3.27. The molecular formula is C16H26N2OS. The lowest BCUT2D eigenvalue weighted by molar-refractivity contribution is -0.0648. The van der Waals surface area contributed by atoms with Gasteiger partial charge in [-0.25, -0.2) is 0 Å². The second-order valence-corrected chi connectivity index (χ2v) is 7.01. The zero-order chi connectivity index (χ0) is 13.9. The maximum atomic E-state index is 6.23. The quantitative estimate of drug-likeness (QED) is 0.903. The summed E-state index contributed by atoms with van der Waals surface area (Å²) in [6.07, 6.45) is 4.12. The van der Waals surface area contributed by atoms with E-state index < -0.39 is 0 Å². The number of hydrogen-bond donors (Lipinski definition) is 1. The average Bonchev–Trinajstić information content (AvgIpc) is 3.08. The second-order valence-electron chi connectivity index (χ2n) is 6.06. The third kappa shape index (κ3) is 2.93. The Morgan fingerprint density at radius 1 is 1.55 bits per heavy atom. The van der Waals surface area contributed by atoms with E-state index >= 15 is 0 Å². The Balaban J connectivity index is 1.73. The van der Waals surface area contributed by atoms with Crippen molar-refractivity contribution >= 4 is 11.3 Å². The molecule has 1 aromatic rings. The number of hydrogen-bond acceptors (Lipinski definition) is 4. The molecular weight excluding hydrogens is 268 g/mol. The SMILES string of the molecule is CCCNC(c1sccc1C)C1CN2CCCC2CO1. The maximum Gasteiger partial charge on any atom is 0.0905 e. The fourth-order valence-corrected chi connectivity index (χ4v) is 4.49. The summed E-state index contributed by atoms with van der Waals surface area (Å²) in [5.74, 6) is 0. The van der Waals surface area contributed by atoms with Gasteiger partial charge in [-0.15, -0.1) is 11.3 Å². The summed E-state index contributed by atoms with van der Waals surface area (Å²) < 4.78 is 6.23. The van der Waals surface area contributed by atoms with Crippen LogP contribution in [0.15, 0.2) is 11.4 Å². The Labute approximate surface area is 126 Å². The van der Waals surface area contributed by atoms with E-state index in [-0.39, 0.29) is 0 Å². The van der Waals surface area contributed by atoms with Gasteiger partial charge < -0.3 is 10.1 Å². The van der Waals surface area contributed by atoms with Crippen LogP contribution in [0.5, 0.6) is 0 Å². The zero-order valence-corrected chi connectivity index (χ0v) is 13.4. The van der Waals surface area contributed by atoms with Crippen LogP contribution in [-0.2, 0) is 4.74 Å². The topological polar surface area (TPSA) is 24.5 Å². The van der Waals surface area contributed by atoms with Crippen molar-refractivity contribution in [3.63, 3.8) is 0 Å². The predicted molar refractivity (Wildman–Crippen MR) is 84.4 cm³/mol. The number of nitrogens with zero attached hydrogens (tertiary/aromatic N) is 1. The van der Waals surface area contributed by atoms with E-state index in [1.807, 2.05) is 11.3 Å². The van der Waals surface area contributed by atoms with Crippen LogP contribution in [0.1, 0.15) is 42.7 Å². The molecule has 2 saturated heterocycles. The molecule has 3 rings (SSSR count). The molecule has 0 radical (unpaired) electrons. The molecule has 0 bridgehead atoms. The Hall–Kier alpha value is -0.420. The molecule has 1 aromatic heterocycles. The van der Waals surface area contributed by atoms with E-state index in [2.05, 4.69) is 35.5 Å². The number of nitrogens with one attached hydrogen (secondary N) is 1. The standard InChI is InChI=1S/C16H26N2OS/c1-3-7-17-15(16-12(2)6-9-20-16)14-10-18-8-4-5-13(18)11-19-14/h6,9,13-15,17H,3-5,7-8,10-11H2,1-2H3. The van der Waals surface area contributed by atoms with Gasteiger partial charge in [-0.2, -0.15) is 0 Å². The molecule has 0 spiro atoms. The monoisotopic (exact) mass is 294 g/mol. The van der Waals surface area contributed by atoms with Crippen molar-refractivity contribution in [2.75, 3.05) is 26.2 Å². The minimum atomic E-state index is 0.299.